The molecule has 1 saturated heterocycles. The van der Waals surface area contributed by atoms with Gasteiger partial charge in [0.2, 0.25) is 0 Å². The first-order valence-corrected chi connectivity index (χ1v) is 5.28. The van der Waals surface area contributed by atoms with E-state index in [1.165, 1.54) is 0 Å². The average molecular weight is 216 g/mol. The summed E-state index contributed by atoms with van der Waals surface area (Å²) in [6.07, 6.45) is 2.16. The lowest BCUT2D eigenvalue weighted by Gasteiger charge is -2.45. The van der Waals surface area contributed by atoms with Crippen LogP contribution in [-0.2, 0) is 4.79 Å². The standard InChI is InChI=1S/C9H20N2.C2H4O2/c1-8(2)5-7(10)6-9(3,4)11-8;1-2(3)4/h7,11H,5-6,10H2,1-4H3;1H3,(H,3,4). The van der Waals surface area contributed by atoms with E-state index in [1.54, 1.807) is 0 Å². The SMILES string of the molecule is CC(=O)O.CC1(C)CC(N)CC(C)(C)N1. The summed E-state index contributed by atoms with van der Waals surface area (Å²) < 4.78 is 0. The summed E-state index contributed by atoms with van der Waals surface area (Å²) in [5, 5.41) is 11.0. The fourth-order valence-electron chi connectivity index (χ4n) is 2.40. The van der Waals surface area contributed by atoms with Crippen molar-refractivity contribution in [3.8, 4) is 0 Å². The highest BCUT2D eigenvalue weighted by atomic mass is 16.4. The molecule has 1 aliphatic heterocycles. The molecule has 0 aromatic rings. The lowest BCUT2D eigenvalue weighted by Crippen LogP contribution is -2.60. The second-order valence-electron chi connectivity index (χ2n) is 5.58. The predicted octanol–water partition coefficient (Wildman–Crippen LogP) is 1.35. The van der Waals surface area contributed by atoms with E-state index in [0.717, 1.165) is 19.8 Å². The smallest absolute Gasteiger partial charge is 0.300 e. The minimum atomic E-state index is -0.833. The summed E-state index contributed by atoms with van der Waals surface area (Å²) in [5.41, 5.74) is 6.36. The molecule has 0 spiro atoms. The van der Waals surface area contributed by atoms with Crippen LogP contribution in [-0.4, -0.2) is 28.2 Å². The minimum absolute atomic E-state index is 0.209. The van der Waals surface area contributed by atoms with Crippen LogP contribution in [0.5, 0.6) is 0 Å². The number of hydrogen-bond donors (Lipinski definition) is 3. The normalized spacial score (nSPS) is 23.9. The van der Waals surface area contributed by atoms with Gasteiger partial charge in [0, 0.05) is 24.0 Å². The van der Waals surface area contributed by atoms with Crippen molar-refractivity contribution in [1.82, 2.24) is 5.32 Å². The van der Waals surface area contributed by atoms with Crippen molar-refractivity contribution >= 4 is 5.97 Å². The number of piperidine rings is 1. The summed E-state index contributed by atoms with van der Waals surface area (Å²) in [6, 6.07) is 0.362. The van der Waals surface area contributed by atoms with Crippen LogP contribution in [0.3, 0.4) is 0 Å². The molecule has 0 bridgehead atoms. The number of nitrogens with two attached hydrogens (primary N) is 1. The molecule has 90 valence electrons. The number of nitrogens with one attached hydrogen (secondary N) is 1. The Morgan fingerprint density at radius 1 is 1.27 bits per heavy atom. The zero-order valence-corrected chi connectivity index (χ0v) is 10.4. The third-order valence-electron chi connectivity index (χ3n) is 2.22. The second-order valence-corrected chi connectivity index (χ2v) is 5.58. The third kappa shape index (κ3) is 7.33. The molecule has 0 atom stereocenters. The van der Waals surface area contributed by atoms with Crippen molar-refractivity contribution in [3.05, 3.63) is 0 Å². The molecule has 0 unspecified atom stereocenters. The van der Waals surface area contributed by atoms with E-state index >= 15 is 0 Å². The Labute approximate surface area is 92.2 Å². The summed E-state index contributed by atoms with van der Waals surface area (Å²) in [5.74, 6) is -0.833. The van der Waals surface area contributed by atoms with Gasteiger partial charge in [0.1, 0.15) is 0 Å². The van der Waals surface area contributed by atoms with Gasteiger partial charge in [-0.15, -0.1) is 0 Å². The number of carboxylic acids is 1. The molecule has 0 amide bonds. The number of aliphatic carboxylic acids is 1. The zero-order chi connectivity index (χ0) is 12.3. The highest BCUT2D eigenvalue weighted by molar-refractivity contribution is 5.62. The first kappa shape index (κ1) is 14.4. The Kier molecular flexibility index (Phi) is 4.74. The maximum atomic E-state index is 9.00. The van der Waals surface area contributed by atoms with Gasteiger partial charge in [-0.05, 0) is 40.5 Å². The lowest BCUT2D eigenvalue weighted by atomic mass is 9.80. The Balaban J connectivity index is 0.000000423. The lowest BCUT2D eigenvalue weighted by molar-refractivity contribution is -0.134. The molecule has 1 heterocycles. The number of hydrogen-bond acceptors (Lipinski definition) is 3. The maximum absolute atomic E-state index is 9.00. The number of rotatable bonds is 0. The van der Waals surface area contributed by atoms with Crippen molar-refractivity contribution in [2.45, 2.75) is 64.6 Å². The van der Waals surface area contributed by atoms with Gasteiger partial charge in [0.05, 0.1) is 0 Å². The van der Waals surface area contributed by atoms with Crippen LogP contribution in [0, 0.1) is 0 Å². The number of carboxylic acid groups (broad SMARTS) is 1. The highest BCUT2D eigenvalue weighted by Crippen LogP contribution is 2.26. The van der Waals surface area contributed by atoms with Gasteiger partial charge in [-0.2, -0.15) is 0 Å². The van der Waals surface area contributed by atoms with Crippen molar-refractivity contribution in [2.24, 2.45) is 5.73 Å². The molecule has 0 radical (unpaired) electrons. The quantitative estimate of drug-likeness (QED) is 0.571. The van der Waals surface area contributed by atoms with Crippen LogP contribution in [0.15, 0.2) is 0 Å². The molecule has 1 fully saturated rings. The Morgan fingerprint density at radius 2 is 1.53 bits per heavy atom. The molecular weight excluding hydrogens is 192 g/mol. The van der Waals surface area contributed by atoms with E-state index in [-0.39, 0.29) is 11.1 Å². The van der Waals surface area contributed by atoms with Crippen LogP contribution in [0.2, 0.25) is 0 Å². The van der Waals surface area contributed by atoms with E-state index < -0.39 is 5.97 Å². The van der Waals surface area contributed by atoms with Gasteiger partial charge in [-0.1, -0.05) is 0 Å². The van der Waals surface area contributed by atoms with Gasteiger partial charge in [0.25, 0.3) is 5.97 Å². The monoisotopic (exact) mass is 216 g/mol. The van der Waals surface area contributed by atoms with Gasteiger partial charge >= 0.3 is 0 Å². The molecule has 15 heavy (non-hydrogen) atoms. The molecule has 4 nitrogen and oxygen atoms in total. The molecule has 0 aromatic carbocycles. The fourth-order valence-corrected chi connectivity index (χ4v) is 2.40. The van der Waals surface area contributed by atoms with Crippen LogP contribution in [0.1, 0.15) is 47.5 Å². The summed E-state index contributed by atoms with van der Waals surface area (Å²) in [7, 11) is 0. The van der Waals surface area contributed by atoms with E-state index in [4.69, 9.17) is 15.6 Å². The molecule has 0 aromatic heterocycles. The van der Waals surface area contributed by atoms with Gasteiger partial charge in [-0.25, -0.2) is 0 Å². The fraction of sp³-hybridized carbons (Fsp3) is 0.909. The van der Waals surface area contributed by atoms with Gasteiger partial charge in [0.15, 0.2) is 0 Å². The first-order chi connectivity index (χ1) is 6.54. The summed E-state index contributed by atoms with van der Waals surface area (Å²) in [6.45, 7) is 9.95. The Hall–Kier alpha value is -0.610. The molecular formula is C11H24N2O2. The summed E-state index contributed by atoms with van der Waals surface area (Å²) >= 11 is 0. The van der Waals surface area contributed by atoms with Crippen molar-refractivity contribution in [3.63, 3.8) is 0 Å². The molecule has 1 rings (SSSR count). The van der Waals surface area contributed by atoms with E-state index in [0.29, 0.717) is 6.04 Å². The summed E-state index contributed by atoms with van der Waals surface area (Å²) in [4.78, 5) is 9.00. The predicted molar refractivity (Wildman–Crippen MR) is 61.8 cm³/mol. The largest absolute Gasteiger partial charge is 0.481 e. The zero-order valence-electron chi connectivity index (χ0n) is 10.4. The van der Waals surface area contributed by atoms with E-state index in [9.17, 15) is 0 Å². The third-order valence-corrected chi connectivity index (χ3v) is 2.22. The van der Waals surface area contributed by atoms with Crippen LogP contribution < -0.4 is 11.1 Å². The molecule has 0 aliphatic carbocycles. The number of carbonyl (C=O) groups is 1. The average Bonchev–Trinajstić information content (AvgIpc) is 1.73. The van der Waals surface area contributed by atoms with Crippen LogP contribution in [0.4, 0.5) is 0 Å². The maximum Gasteiger partial charge on any atom is 0.300 e. The highest BCUT2D eigenvalue weighted by Gasteiger charge is 2.35. The van der Waals surface area contributed by atoms with Gasteiger partial charge in [-0.3, -0.25) is 4.79 Å². The van der Waals surface area contributed by atoms with Gasteiger partial charge < -0.3 is 16.2 Å². The van der Waals surface area contributed by atoms with E-state index in [1.807, 2.05) is 0 Å². The Morgan fingerprint density at radius 3 is 1.73 bits per heavy atom. The molecule has 4 heteroatoms. The van der Waals surface area contributed by atoms with Crippen LogP contribution in [0.25, 0.3) is 0 Å². The Bertz CT molecular complexity index is 205. The minimum Gasteiger partial charge on any atom is -0.481 e. The van der Waals surface area contributed by atoms with Crippen LogP contribution >= 0.6 is 0 Å². The van der Waals surface area contributed by atoms with E-state index in [2.05, 4.69) is 33.0 Å². The molecule has 1 aliphatic rings. The topological polar surface area (TPSA) is 75.3 Å². The van der Waals surface area contributed by atoms with Crippen molar-refractivity contribution < 1.29 is 9.90 Å². The van der Waals surface area contributed by atoms with Crippen molar-refractivity contribution in [1.29, 1.82) is 0 Å². The first-order valence-electron chi connectivity index (χ1n) is 5.28. The van der Waals surface area contributed by atoms with Crippen molar-refractivity contribution in [2.75, 3.05) is 0 Å². The molecule has 4 N–H and O–H groups in total. The second kappa shape index (κ2) is 4.94. The molecule has 0 saturated carbocycles.